The van der Waals surface area contributed by atoms with Crippen LogP contribution in [0.2, 0.25) is 0 Å². The first-order valence-corrected chi connectivity index (χ1v) is 7.41. The maximum Gasteiger partial charge on any atom is 0.123 e. The Balaban J connectivity index is 2.56. The monoisotopic (exact) mass is 275 g/mol. The quantitative estimate of drug-likeness (QED) is 0.818. The van der Waals surface area contributed by atoms with E-state index in [1.165, 1.54) is 12.1 Å². The number of hydrogen-bond donors (Lipinski definition) is 0. The van der Waals surface area contributed by atoms with Gasteiger partial charge in [0.1, 0.15) is 5.82 Å². The van der Waals surface area contributed by atoms with E-state index < -0.39 is 0 Å². The van der Waals surface area contributed by atoms with Crippen molar-refractivity contribution in [3.63, 3.8) is 0 Å². The first kappa shape index (κ1) is 15.0. The van der Waals surface area contributed by atoms with E-state index in [0.717, 1.165) is 37.9 Å². The maximum absolute atomic E-state index is 13.2. The lowest BCUT2D eigenvalue weighted by Gasteiger charge is -2.52. The molecule has 20 heavy (non-hydrogen) atoms. The average Bonchev–Trinajstić information content (AvgIpc) is 2.49. The van der Waals surface area contributed by atoms with Gasteiger partial charge in [0.25, 0.3) is 0 Å². The molecule has 1 fully saturated rings. The van der Waals surface area contributed by atoms with Gasteiger partial charge in [-0.05, 0) is 43.4 Å². The lowest BCUT2D eigenvalue weighted by Crippen LogP contribution is -2.55. The smallest absolute Gasteiger partial charge is 0.123 e. The lowest BCUT2D eigenvalue weighted by atomic mass is 9.59. The van der Waals surface area contributed by atoms with Crippen LogP contribution in [-0.4, -0.2) is 12.2 Å². The van der Waals surface area contributed by atoms with Gasteiger partial charge in [-0.15, -0.1) is 0 Å². The van der Waals surface area contributed by atoms with Crippen LogP contribution < -0.4 is 0 Å². The molecule has 1 aromatic carbocycles. The van der Waals surface area contributed by atoms with E-state index in [4.69, 9.17) is 4.74 Å². The molecule has 108 valence electrons. The van der Waals surface area contributed by atoms with Gasteiger partial charge in [0.15, 0.2) is 0 Å². The topological polar surface area (TPSA) is 33.0 Å². The highest BCUT2D eigenvalue weighted by Gasteiger charge is 2.52. The fourth-order valence-corrected chi connectivity index (χ4v) is 3.80. The van der Waals surface area contributed by atoms with E-state index in [0.29, 0.717) is 6.42 Å². The van der Waals surface area contributed by atoms with Crippen molar-refractivity contribution in [1.29, 1.82) is 5.26 Å². The van der Waals surface area contributed by atoms with E-state index in [2.05, 4.69) is 19.9 Å². The minimum absolute atomic E-state index is 0.240. The van der Waals surface area contributed by atoms with Crippen LogP contribution >= 0.6 is 0 Å². The summed E-state index contributed by atoms with van der Waals surface area (Å²) in [6, 6.07) is 8.95. The summed E-state index contributed by atoms with van der Waals surface area (Å²) >= 11 is 0. The molecule has 1 unspecified atom stereocenters. The van der Waals surface area contributed by atoms with Crippen LogP contribution in [0.15, 0.2) is 24.3 Å². The second-order valence-electron chi connectivity index (χ2n) is 5.58. The predicted octanol–water partition coefficient (Wildman–Crippen LogP) is 4.35. The third-order valence-corrected chi connectivity index (χ3v) is 4.92. The summed E-state index contributed by atoms with van der Waals surface area (Å²) < 4.78 is 19.4. The van der Waals surface area contributed by atoms with Gasteiger partial charge < -0.3 is 4.74 Å². The molecule has 0 radical (unpaired) electrons. The van der Waals surface area contributed by atoms with Gasteiger partial charge in [0.05, 0.1) is 11.7 Å². The number of ether oxygens (including phenoxy) is 1. The van der Waals surface area contributed by atoms with Crippen molar-refractivity contribution in [3.8, 4) is 6.07 Å². The average molecular weight is 275 g/mol. The standard InChI is InChI=1S/C17H22FNO/c1-3-17(4-2)16(11-12-19,10-5-13-20-17)14-6-8-15(18)9-7-14/h6-9H,3-5,10-11,13H2,1-2H3. The van der Waals surface area contributed by atoms with Gasteiger partial charge >= 0.3 is 0 Å². The summed E-state index contributed by atoms with van der Waals surface area (Å²) in [6.07, 6.45) is 4.01. The zero-order chi connectivity index (χ0) is 14.6. The van der Waals surface area contributed by atoms with E-state index in [1.54, 1.807) is 0 Å². The van der Waals surface area contributed by atoms with Gasteiger partial charge in [-0.25, -0.2) is 4.39 Å². The largest absolute Gasteiger partial charge is 0.374 e. The van der Waals surface area contributed by atoms with Crippen LogP contribution in [0.1, 0.15) is 51.5 Å². The number of nitriles is 1. The molecular formula is C17H22FNO. The Hall–Kier alpha value is -1.40. The minimum atomic E-state index is -0.322. The Bertz CT molecular complexity index is 487. The zero-order valence-electron chi connectivity index (χ0n) is 12.3. The van der Waals surface area contributed by atoms with Crippen LogP contribution in [0.25, 0.3) is 0 Å². The van der Waals surface area contributed by atoms with Gasteiger partial charge in [-0.3, -0.25) is 0 Å². The molecule has 0 spiro atoms. The Morgan fingerprint density at radius 3 is 2.45 bits per heavy atom. The Labute approximate surface area is 120 Å². The first-order chi connectivity index (χ1) is 9.64. The molecule has 0 aliphatic carbocycles. The molecule has 0 aromatic heterocycles. The molecule has 3 heteroatoms. The number of halogens is 1. The van der Waals surface area contributed by atoms with Crippen molar-refractivity contribution >= 4 is 0 Å². The summed E-state index contributed by atoms with van der Waals surface area (Å²) in [4.78, 5) is 0. The number of benzene rings is 1. The summed E-state index contributed by atoms with van der Waals surface area (Å²) in [5, 5.41) is 9.34. The molecule has 1 saturated heterocycles. The Morgan fingerprint density at radius 2 is 1.90 bits per heavy atom. The molecule has 0 bridgehead atoms. The van der Waals surface area contributed by atoms with Gasteiger partial charge in [0, 0.05) is 18.4 Å². The second kappa shape index (κ2) is 5.93. The third kappa shape index (κ3) is 2.23. The summed E-state index contributed by atoms with van der Waals surface area (Å²) in [7, 11) is 0. The van der Waals surface area contributed by atoms with Crippen molar-refractivity contribution in [2.75, 3.05) is 6.61 Å². The van der Waals surface area contributed by atoms with Crippen LogP contribution in [0.4, 0.5) is 4.39 Å². The SMILES string of the molecule is CCC1(CC)OCCCC1(CC#N)c1ccc(F)cc1. The molecule has 0 saturated carbocycles. The highest BCUT2D eigenvalue weighted by atomic mass is 19.1. The molecule has 1 aliphatic rings. The molecule has 1 aliphatic heterocycles. The predicted molar refractivity (Wildman–Crippen MR) is 76.8 cm³/mol. The van der Waals surface area contributed by atoms with Crippen molar-refractivity contribution < 1.29 is 9.13 Å². The lowest BCUT2D eigenvalue weighted by molar-refractivity contribution is -0.140. The highest BCUT2D eigenvalue weighted by molar-refractivity contribution is 5.33. The third-order valence-electron chi connectivity index (χ3n) is 4.92. The highest BCUT2D eigenvalue weighted by Crippen LogP contribution is 2.50. The fourth-order valence-electron chi connectivity index (χ4n) is 3.80. The zero-order valence-corrected chi connectivity index (χ0v) is 12.3. The van der Waals surface area contributed by atoms with Gasteiger partial charge in [-0.1, -0.05) is 26.0 Å². The van der Waals surface area contributed by atoms with E-state index in [1.807, 2.05) is 12.1 Å². The maximum atomic E-state index is 13.2. The van der Waals surface area contributed by atoms with Crippen molar-refractivity contribution in [2.45, 2.75) is 57.0 Å². The van der Waals surface area contributed by atoms with Gasteiger partial charge in [-0.2, -0.15) is 5.26 Å². The number of rotatable bonds is 4. The molecule has 1 aromatic rings. The van der Waals surface area contributed by atoms with Crippen LogP contribution in [0.3, 0.4) is 0 Å². The van der Waals surface area contributed by atoms with Crippen LogP contribution in [-0.2, 0) is 10.2 Å². The summed E-state index contributed by atoms with van der Waals surface area (Å²) in [5.41, 5.74) is 0.388. The Kier molecular flexibility index (Phi) is 4.45. The van der Waals surface area contributed by atoms with Gasteiger partial charge in [0.2, 0.25) is 0 Å². The summed E-state index contributed by atoms with van der Waals surface area (Å²) in [6.45, 7) is 4.98. The molecule has 2 rings (SSSR count). The van der Waals surface area contributed by atoms with E-state index >= 15 is 0 Å². The number of nitrogens with zero attached hydrogens (tertiary/aromatic N) is 1. The molecule has 0 amide bonds. The van der Waals surface area contributed by atoms with Crippen LogP contribution in [0, 0.1) is 17.1 Å². The molecular weight excluding hydrogens is 253 g/mol. The molecule has 1 heterocycles. The van der Waals surface area contributed by atoms with E-state index in [9.17, 15) is 9.65 Å². The fraction of sp³-hybridized carbons (Fsp3) is 0.588. The van der Waals surface area contributed by atoms with E-state index in [-0.39, 0.29) is 16.8 Å². The normalized spacial score (nSPS) is 25.1. The minimum Gasteiger partial charge on any atom is -0.374 e. The van der Waals surface area contributed by atoms with Crippen molar-refractivity contribution in [2.24, 2.45) is 0 Å². The number of hydrogen-bond acceptors (Lipinski definition) is 2. The van der Waals surface area contributed by atoms with Crippen molar-refractivity contribution in [1.82, 2.24) is 0 Å². The second-order valence-corrected chi connectivity index (χ2v) is 5.58. The summed E-state index contributed by atoms with van der Waals surface area (Å²) in [5.74, 6) is -0.240. The molecule has 1 atom stereocenters. The van der Waals surface area contributed by atoms with Crippen molar-refractivity contribution in [3.05, 3.63) is 35.6 Å². The molecule has 2 nitrogen and oxygen atoms in total. The molecule has 0 N–H and O–H groups in total. The van der Waals surface area contributed by atoms with Crippen LogP contribution in [0.5, 0.6) is 0 Å². The Morgan fingerprint density at radius 1 is 1.25 bits per heavy atom. The first-order valence-electron chi connectivity index (χ1n) is 7.41.